The van der Waals surface area contributed by atoms with Crippen LogP contribution in [-0.4, -0.2) is 42.9 Å². The standard InChI is InChI=1S/C23H23N3O2/c1-13-19(15-9-5-7-11-18(15)26(13)3)21-20(22(27)24-23(21)28)16-12-25(2)17-10-6-4-8-14(16)17/h4-14,17,19H,1-3H3,(H,24,27,28). The second kappa shape index (κ2) is 5.96. The van der Waals surface area contributed by atoms with Gasteiger partial charge in [0, 0.05) is 49.4 Å². The fraction of sp³-hybridized carbons (Fsp3) is 0.304. The van der Waals surface area contributed by atoms with Crippen molar-refractivity contribution in [2.45, 2.75) is 24.9 Å². The molecule has 5 rings (SSSR count). The number of nitrogens with zero attached hydrogens (tertiary/aromatic N) is 2. The molecule has 0 aromatic heterocycles. The second-order valence-electron chi connectivity index (χ2n) is 8.00. The number of likely N-dealkylation sites (N-methyl/N-ethyl adjacent to an activating group) is 2. The molecule has 1 aliphatic carbocycles. The number of rotatable bonds is 2. The highest BCUT2D eigenvalue weighted by atomic mass is 16.2. The molecule has 1 aromatic rings. The summed E-state index contributed by atoms with van der Waals surface area (Å²) in [6.45, 7) is 2.12. The fourth-order valence-corrected chi connectivity index (χ4v) is 5.12. The van der Waals surface area contributed by atoms with Crippen LogP contribution >= 0.6 is 0 Å². The molecular formula is C23H23N3O2. The monoisotopic (exact) mass is 373 g/mol. The van der Waals surface area contributed by atoms with Crippen LogP contribution < -0.4 is 10.2 Å². The predicted octanol–water partition coefficient (Wildman–Crippen LogP) is 2.50. The van der Waals surface area contributed by atoms with Crippen molar-refractivity contribution in [1.82, 2.24) is 10.2 Å². The molecule has 0 radical (unpaired) electrons. The van der Waals surface area contributed by atoms with E-state index < -0.39 is 0 Å². The summed E-state index contributed by atoms with van der Waals surface area (Å²) < 4.78 is 0. The van der Waals surface area contributed by atoms with E-state index in [1.54, 1.807) is 0 Å². The lowest BCUT2D eigenvalue weighted by Crippen LogP contribution is -2.31. The van der Waals surface area contributed by atoms with Crippen molar-refractivity contribution in [3.63, 3.8) is 0 Å². The summed E-state index contributed by atoms with van der Waals surface area (Å²) in [5.74, 6) is -0.580. The van der Waals surface area contributed by atoms with Crippen molar-refractivity contribution < 1.29 is 9.59 Å². The molecule has 5 nitrogen and oxygen atoms in total. The Morgan fingerprint density at radius 1 is 1.00 bits per heavy atom. The molecule has 0 fully saturated rings. The van der Waals surface area contributed by atoms with Gasteiger partial charge in [0.05, 0.1) is 11.6 Å². The topological polar surface area (TPSA) is 52.7 Å². The minimum atomic E-state index is -0.275. The van der Waals surface area contributed by atoms with Crippen molar-refractivity contribution in [3.8, 4) is 0 Å². The highest BCUT2D eigenvalue weighted by molar-refractivity contribution is 6.22. The Hall–Kier alpha value is -3.08. The van der Waals surface area contributed by atoms with Crippen LogP contribution in [0.4, 0.5) is 5.69 Å². The van der Waals surface area contributed by atoms with Gasteiger partial charge in [-0.25, -0.2) is 0 Å². The van der Waals surface area contributed by atoms with E-state index in [-0.39, 0.29) is 35.7 Å². The number of para-hydroxylation sites is 1. The summed E-state index contributed by atoms with van der Waals surface area (Å²) in [4.78, 5) is 30.2. The van der Waals surface area contributed by atoms with Crippen LogP contribution in [-0.2, 0) is 9.59 Å². The first-order valence-corrected chi connectivity index (χ1v) is 9.69. The van der Waals surface area contributed by atoms with E-state index >= 15 is 0 Å². The van der Waals surface area contributed by atoms with Crippen LogP contribution in [0.15, 0.2) is 71.5 Å². The van der Waals surface area contributed by atoms with Crippen LogP contribution in [0.1, 0.15) is 18.4 Å². The van der Waals surface area contributed by atoms with Gasteiger partial charge in [0.2, 0.25) is 0 Å². The molecule has 4 atom stereocenters. The van der Waals surface area contributed by atoms with Gasteiger partial charge in [0.15, 0.2) is 0 Å². The Morgan fingerprint density at radius 2 is 1.75 bits per heavy atom. The average molecular weight is 373 g/mol. The Kier molecular flexibility index (Phi) is 3.63. The van der Waals surface area contributed by atoms with E-state index in [4.69, 9.17) is 0 Å². The molecule has 3 aliphatic heterocycles. The van der Waals surface area contributed by atoms with Gasteiger partial charge in [0.1, 0.15) is 0 Å². The lowest BCUT2D eigenvalue weighted by molar-refractivity contribution is -0.124. The molecule has 5 heteroatoms. The second-order valence-corrected chi connectivity index (χ2v) is 8.00. The molecule has 0 saturated heterocycles. The first-order chi connectivity index (χ1) is 13.5. The largest absolute Gasteiger partial charge is 0.373 e. The van der Waals surface area contributed by atoms with Crippen molar-refractivity contribution >= 4 is 17.5 Å². The Bertz CT molecular complexity index is 1020. The minimum Gasteiger partial charge on any atom is -0.373 e. The van der Waals surface area contributed by atoms with E-state index in [1.807, 2.05) is 44.6 Å². The van der Waals surface area contributed by atoms with Crippen molar-refractivity contribution in [2.75, 3.05) is 19.0 Å². The SMILES string of the molecule is CC1C(C2=C(C3=CN(C)C4C=CC=CC34)C(=O)NC2=O)c2ccccc2N1C. The number of benzene rings is 1. The van der Waals surface area contributed by atoms with Gasteiger partial charge < -0.3 is 9.80 Å². The van der Waals surface area contributed by atoms with Gasteiger partial charge in [0.25, 0.3) is 11.8 Å². The first-order valence-electron chi connectivity index (χ1n) is 9.69. The normalized spacial score (nSPS) is 30.8. The van der Waals surface area contributed by atoms with Gasteiger partial charge in [-0.05, 0) is 24.1 Å². The van der Waals surface area contributed by atoms with E-state index in [0.717, 1.165) is 16.8 Å². The number of amides is 2. The van der Waals surface area contributed by atoms with Gasteiger partial charge in [-0.1, -0.05) is 42.5 Å². The third-order valence-corrected chi connectivity index (χ3v) is 6.59. The molecule has 0 saturated carbocycles. The summed E-state index contributed by atoms with van der Waals surface area (Å²) in [5, 5.41) is 2.58. The molecule has 1 aromatic carbocycles. The molecule has 0 bridgehead atoms. The number of allylic oxidation sites excluding steroid dienone is 2. The summed E-state index contributed by atoms with van der Waals surface area (Å²) in [5.41, 5.74) is 4.34. The number of hydrogen-bond donors (Lipinski definition) is 1. The van der Waals surface area contributed by atoms with Crippen LogP contribution in [0.5, 0.6) is 0 Å². The molecular weight excluding hydrogens is 350 g/mol. The van der Waals surface area contributed by atoms with E-state index in [2.05, 4.69) is 46.3 Å². The van der Waals surface area contributed by atoms with Crippen molar-refractivity contribution in [2.24, 2.45) is 5.92 Å². The number of fused-ring (bicyclic) bond motifs is 2. The first kappa shape index (κ1) is 17.0. The average Bonchev–Trinajstić information content (AvgIpc) is 3.26. The lowest BCUT2D eigenvalue weighted by Gasteiger charge is -2.25. The van der Waals surface area contributed by atoms with E-state index in [1.165, 1.54) is 0 Å². The third-order valence-electron chi connectivity index (χ3n) is 6.59. The number of hydrogen-bond acceptors (Lipinski definition) is 4. The Balaban J connectivity index is 1.69. The summed E-state index contributed by atoms with van der Waals surface area (Å²) in [6, 6.07) is 8.44. The maximum atomic E-state index is 13.0. The molecule has 2 amide bonds. The maximum absolute atomic E-state index is 13.0. The Labute approximate surface area is 164 Å². The maximum Gasteiger partial charge on any atom is 0.258 e. The highest BCUT2D eigenvalue weighted by Gasteiger charge is 2.47. The number of imide groups is 1. The summed E-state index contributed by atoms with van der Waals surface area (Å²) in [6.07, 6.45) is 10.3. The predicted molar refractivity (Wildman–Crippen MR) is 109 cm³/mol. The molecule has 28 heavy (non-hydrogen) atoms. The number of carbonyl (C=O) groups is 2. The zero-order valence-corrected chi connectivity index (χ0v) is 16.2. The fourth-order valence-electron chi connectivity index (χ4n) is 5.12. The molecule has 142 valence electrons. The van der Waals surface area contributed by atoms with Crippen LogP contribution in [0.25, 0.3) is 0 Å². The van der Waals surface area contributed by atoms with Gasteiger partial charge in [-0.2, -0.15) is 0 Å². The molecule has 1 N–H and O–H groups in total. The zero-order chi connectivity index (χ0) is 19.6. The molecule has 0 spiro atoms. The van der Waals surface area contributed by atoms with Gasteiger partial charge in [-0.3, -0.25) is 14.9 Å². The smallest absolute Gasteiger partial charge is 0.258 e. The van der Waals surface area contributed by atoms with E-state index in [0.29, 0.717) is 11.1 Å². The molecule has 3 heterocycles. The summed E-state index contributed by atoms with van der Waals surface area (Å²) >= 11 is 0. The minimum absolute atomic E-state index is 0.0846. The quantitative estimate of drug-likeness (QED) is 0.810. The number of nitrogens with one attached hydrogen (secondary N) is 1. The highest BCUT2D eigenvalue weighted by Crippen LogP contribution is 2.48. The van der Waals surface area contributed by atoms with Gasteiger partial charge >= 0.3 is 0 Å². The third kappa shape index (κ3) is 2.19. The van der Waals surface area contributed by atoms with Crippen LogP contribution in [0, 0.1) is 5.92 Å². The zero-order valence-electron chi connectivity index (χ0n) is 16.2. The van der Waals surface area contributed by atoms with E-state index in [9.17, 15) is 9.59 Å². The number of carbonyl (C=O) groups excluding carboxylic acids is 2. The van der Waals surface area contributed by atoms with Crippen LogP contribution in [0.2, 0.25) is 0 Å². The molecule has 4 aliphatic rings. The van der Waals surface area contributed by atoms with Crippen molar-refractivity contribution in [3.05, 3.63) is 77.1 Å². The van der Waals surface area contributed by atoms with Crippen molar-refractivity contribution in [1.29, 1.82) is 0 Å². The Morgan fingerprint density at radius 3 is 2.57 bits per heavy atom. The van der Waals surface area contributed by atoms with Gasteiger partial charge in [-0.15, -0.1) is 0 Å². The lowest BCUT2D eigenvalue weighted by atomic mass is 9.80. The van der Waals surface area contributed by atoms with Crippen LogP contribution in [0.3, 0.4) is 0 Å². The summed E-state index contributed by atoms with van der Waals surface area (Å²) in [7, 11) is 4.07. The number of anilines is 1. The molecule has 4 unspecified atom stereocenters.